The van der Waals surface area contributed by atoms with E-state index in [9.17, 15) is 5.11 Å². The average Bonchev–Trinajstić information content (AvgIpc) is 2.74. The number of rotatable bonds is 4. The molecule has 1 atom stereocenters. The predicted molar refractivity (Wildman–Crippen MR) is 73.8 cm³/mol. The number of hydrogen-bond acceptors (Lipinski definition) is 4. The van der Waals surface area contributed by atoms with E-state index in [1.807, 2.05) is 0 Å². The molecule has 0 aliphatic carbocycles. The molecular formula is C14H23N3O. The molecule has 18 heavy (non-hydrogen) atoms. The monoisotopic (exact) mass is 249 g/mol. The Balaban J connectivity index is 2.27. The number of nitrogens with zero attached hydrogens (tertiary/aromatic N) is 3. The Morgan fingerprint density at radius 1 is 1.44 bits per heavy atom. The number of hydrogen-bond donors (Lipinski definition) is 1. The van der Waals surface area contributed by atoms with Crippen LogP contribution in [0.4, 0.5) is 5.69 Å². The van der Waals surface area contributed by atoms with Gasteiger partial charge >= 0.3 is 0 Å². The lowest BCUT2D eigenvalue weighted by molar-refractivity contribution is 0.198. The Labute approximate surface area is 109 Å². The largest absolute Gasteiger partial charge is 0.391 e. The minimum Gasteiger partial charge on any atom is -0.391 e. The van der Waals surface area contributed by atoms with Crippen LogP contribution < -0.4 is 4.90 Å². The molecule has 2 heterocycles. The van der Waals surface area contributed by atoms with Crippen molar-refractivity contribution in [2.24, 2.45) is 0 Å². The van der Waals surface area contributed by atoms with Crippen LogP contribution in [-0.2, 0) is 13.0 Å². The smallest absolute Gasteiger partial charge is 0.0779 e. The number of β-amino-alcohol motifs (C(OH)–C–C–N with tert-alkyl or cyclic N) is 1. The first-order chi connectivity index (χ1) is 8.60. The van der Waals surface area contributed by atoms with Crippen molar-refractivity contribution < 1.29 is 5.11 Å². The molecule has 1 unspecified atom stereocenters. The van der Waals surface area contributed by atoms with Gasteiger partial charge in [0, 0.05) is 25.3 Å². The van der Waals surface area contributed by atoms with Crippen LogP contribution in [-0.4, -0.2) is 48.3 Å². The molecule has 1 aromatic rings. The highest BCUT2D eigenvalue weighted by atomic mass is 16.3. The zero-order chi connectivity index (χ0) is 13.1. The van der Waals surface area contributed by atoms with E-state index in [4.69, 9.17) is 4.98 Å². The van der Waals surface area contributed by atoms with Crippen molar-refractivity contribution >= 4 is 5.69 Å². The Morgan fingerprint density at radius 2 is 2.22 bits per heavy atom. The number of pyridine rings is 1. The first-order valence-corrected chi connectivity index (χ1v) is 6.66. The Hall–Kier alpha value is -1.13. The third kappa shape index (κ3) is 3.00. The molecule has 0 bridgehead atoms. The number of aryl methyl sites for hydroxylation is 1. The van der Waals surface area contributed by atoms with E-state index in [-0.39, 0.29) is 6.10 Å². The van der Waals surface area contributed by atoms with Crippen molar-refractivity contribution in [3.05, 3.63) is 23.5 Å². The highest BCUT2D eigenvalue weighted by Gasteiger charge is 2.23. The molecule has 0 spiro atoms. The first-order valence-electron chi connectivity index (χ1n) is 6.66. The highest BCUT2D eigenvalue weighted by molar-refractivity contribution is 5.52. The molecule has 1 aliphatic rings. The van der Waals surface area contributed by atoms with Gasteiger partial charge in [-0.15, -0.1) is 0 Å². The molecule has 0 radical (unpaired) electrons. The predicted octanol–water partition coefficient (Wildman–Crippen LogP) is 1.28. The van der Waals surface area contributed by atoms with Gasteiger partial charge in [-0.1, -0.05) is 6.92 Å². The van der Waals surface area contributed by atoms with Crippen LogP contribution >= 0.6 is 0 Å². The molecule has 0 aromatic carbocycles. The van der Waals surface area contributed by atoms with Gasteiger partial charge in [0.15, 0.2) is 0 Å². The van der Waals surface area contributed by atoms with Crippen molar-refractivity contribution in [1.29, 1.82) is 0 Å². The van der Waals surface area contributed by atoms with Crippen LogP contribution in [0.15, 0.2) is 12.1 Å². The normalized spacial score (nSPS) is 19.8. The second kappa shape index (κ2) is 5.67. The van der Waals surface area contributed by atoms with E-state index >= 15 is 0 Å². The van der Waals surface area contributed by atoms with Crippen LogP contribution in [0.1, 0.15) is 24.7 Å². The fourth-order valence-corrected chi connectivity index (χ4v) is 2.40. The molecule has 0 saturated carbocycles. The molecule has 1 aromatic heterocycles. The summed E-state index contributed by atoms with van der Waals surface area (Å²) in [4.78, 5) is 9.12. The molecule has 1 saturated heterocycles. The van der Waals surface area contributed by atoms with E-state index in [0.29, 0.717) is 0 Å². The standard InChI is InChI=1S/C14H23N3O/c1-4-11-5-6-14(13(15-11)10-16(2)3)17-8-7-12(18)9-17/h5-6,12,18H,4,7-10H2,1-3H3. The fraction of sp³-hybridized carbons (Fsp3) is 0.643. The van der Waals surface area contributed by atoms with E-state index in [0.717, 1.165) is 43.9 Å². The van der Waals surface area contributed by atoms with Crippen LogP contribution in [0.25, 0.3) is 0 Å². The van der Waals surface area contributed by atoms with Crippen LogP contribution in [0, 0.1) is 0 Å². The summed E-state index contributed by atoms with van der Waals surface area (Å²) in [5.41, 5.74) is 3.43. The molecule has 0 amide bonds. The maximum absolute atomic E-state index is 9.66. The lowest BCUT2D eigenvalue weighted by Crippen LogP contribution is -2.24. The van der Waals surface area contributed by atoms with Gasteiger partial charge in [0.1, 0.15) is 0 Å². The summed E-state index contributed by atoms with van der Waals surface area (Å²) >= 11 is 0. The van der Waals surface area contributed by atoms with Gasteiger partial charge < -0.3 is 14.9 Å². The third-order valence-corrected chi connectivity index (χ3v) is 3.34. The molecular weight excluding hydrogens is 226 g/mol. The van der Waals surface area contributed by atoms with Crippen LogP contribution in [0.5, 0.6) is 0 Å². The lowest BCUT2D eigenvalue weighted by Gasteiger charge is -2.23. The average molecular weight is 249 g/mol. The quantitative estimate of drug-likeness (QED) is 0.872. The molecule has 1 N–H and O–H groups in total. The maximum atomic E-state index is 9.66. The van der Waals surface area contributed by atoms with Crippen molar-refractivity contribution in [2.75, 3.05) is 32.1 Å². The van der Waals surface area contributed by atoms with E-state index in [1.165, 1.54) is 5.69 Å². The summed E-state index contributed by atoms with van der Waals surface area (Å²) < 4.78 is 0. The second-order valence-electron chi connectivity index (χ2n) is 5.25. The Kier molecular flexibility index (Phi) is 4.19. The van der Waals surface area contributed by atoms with Gasteiger partial charge in [-0.25, -0.2) is 0 Å². The molecule has 4 nitrogen and oxygen atoms in total. The summed E-state index contributed by atoms with van der Waals surface area (Å²) in [5, 5.41) is 9.66. The number of aliphatic hydroxyl groups is 1. The molecule has 4 heteroatoms. The number of aliphatic hydroxyl groups excluding tert-OH is 1. The maximum Gasteiger partial charge on any atom is 0.0779 e. The minimum absolute atomic E-state index is 0.192. The summed E-state index contributed by atoms with van der Waals surface area (Å²) in [6.07, 6.45) is 1.63. The molecule has 2 rings (SSSR count). The summed E-state index contributed by atoms with van der Waals surface area (Å²) in [6, 6.07) is 4.25. The van der Waals surface area contributed by atoms with Crippen molar-refractivity contribution in [1.82, 2.24) is 9.88 Å². The van der Waals surface area contributed by atoms with Gasteiger partial charge in [-0.3, -0.25) is 4.98 Å². The van der Waals surface area contributed by atoms with Crippen LogP contribution in [0.2, 0.25) is 0 Å². The van der Waals surface area contributed by atoms with Gasteiger partial charge in [0.05, 0.1) is 17.5 Å². The van der Waals surface area contributed by atoms with Gasteiger partial charge in [0.2, 0.25) is 0 Å². The highest BCUT2D eigenvalue weighted by Crippen LogP contribution is 2.24. The minimum atomic E-state index is -0.192. The number of aromatic nitrogens is 1. The Morgan fingerprint density at radius 3 is 2.78 bits per heavy atom. The summed E-state index contributed by atoms with van der Waals surface area (Å²) in [5.74, 6) is 0. The Bertz CT molecular complexity index is 406. The van der Waals surface area contributed by atoms with Gasteiger partial charge in [-0.2, -0.15) is 0 Å². The zero-order valence-corrected chi connectivity index (χ0v) is 11.6. The van der Waals surface area contributed by atoms with E-state index in [1.54, 1.807) is 0 Å². The number of anilines is 1. The van der Waals surface area contributed by atoms with Gasteiger partial charge in [0.25, 0.3) is 0 Å². The molecule has 100 valence electrons. The summed E-state index contributed by atoms with van der Waals surface area (Å²) in [6.45, 7) is 4.62. The SMILES string of the molecule is CCc1ccc(N2CCC(O)C2)c(CN(C)C)n1. The van der Waals surface area contributed by atoms with Gasteiger partial charge in [-0.05, 0) is 39.1 Å². The topological polar surface area (TPSA) is 39.6 Å². The zero-order valence-electron chi connectivity index (χ0n) is 11.6. The van der Waals surface area contributed by atoms with Crippen molar-refractivity contribution in [3.63, 3.8) is 0 Å². The van der Waals surface area contributed by atoms with Crippen molar-refractivity contribution in [2.45, 2.75) is 32.4 Å². The summed E-state index contributed by atoms with van der Waals surface area (Å²) in [7, 11) is 4.12. The third-order valence-electron chi connectivity index (χ3n) is 3.34. The molecule has 1 fully saturated rings. The lowest BCUT2D eigenvalue weighted by atomic mass is 10.2. The second-order valence-corrected chi connectivity index (χ2v) is 5.25. The van der Waals surface area contributed by atoms with E-state index < -0.39 is 0 Å². The molecule has 1 aliphatic heterocycles. The first kappa shape index (κ1) is 13.3. The fourth-order valence-electron chi connectivity index (χ4n) is 2.40. The van der Waals surface area contributed by atoms with Crippen LogP contribution in [0.3, 0.4) is 0 Å². The van der Waals surface area contributed by atoms with Crippen molar-refractivity contribution in [3.8, 4) is 0 Å². The van der Waals surface area contributed by atoms with E-state index in [2.05, 4.69) is 43.0 Å².